The number of likely N-dealkylation sites (tertiary alicyclic amines) is 1. The van der Waals surface area contributed by atoms with Crippen LogP contribution in [0.2, 0.25) is 0 Å². The van der Waals surface area contributed by atoms with Crippen LogP contribution in [0.3, 0.4) is 0 Å². The third kappa shape index (κ3) is 1.53. The summed E-state index contributed by atoms with van der Waals surface area (Å²) in [7, 11) is 1.83. The van der Waals surface area contributed by atoms with Gasteiger partial charge >= 0.3 is 0 Å². The molecule has 1 aliphatic carbocycles. The van der Waals surface area contributed by atoms with E-state index in [0.29, 0.717) is 0 Å². The van der Waals surface area contributed by atoms with Gasteiger partial charge in [-0.2, -0.15) is 0 Å². The largest absolute Gasteiger partial charge is 0.394 e. The normalized spacial score (nSPS) is 30.6. The van der Waals surface area contributed by atoms with Crippen molar-refractivity contribution in [2.24, 2.45) is 0 Å². The Morgan fingerprint density at radius 3 is 2.71 bits per heavy atom. The van der Waals surface area contributed by atoms with Gasteiger partial charge < -0.3 is 10.0 Å². The van der Waals surface area contributed by atoms with E-state index in [0.717, 1.165) is 32.2 Å². The Hall–Kier alpha value is -0.610. The molecule has 0 bridgehead atoms. The van der Waals surface area contributed by atoms with Gasteiger partial charge in [0.05, 0.1) is 12.6 Å². The van der Waals surface area contributed by atoms with E-state index >= 15 is 0 Å². The Morgan fingerprint density at radius 2 is 2.36 bits per heavy atom. The predicted molar refractivity (Wildman–Crippen MR) is 52.8 cm³/mol. The summed E-state index contributed by atoms with van der Waals surface area (Å²) in [6.45, 7) is 0.985. The van der Waals surface area contributed by atoms with Crippen molar-refractivity contribution in [2.75, 3.05) is 20.2 Å². The molecule has 2 aliphatic rings. The summed E-state index contributed by atoms with van der Waals surface area (Å²) in [5, 5.41) is 12.6. The molecule has 0 aromatic rings. The van der Waals surface area contributed by atoms with Crippen molar-refractivity contribution in [2.45, 2.75) is 37.3 Å². The third-order valence-electron chi connectivity index (χ3n) is 3.52. The Kier molecular flexibility index (Phi) is 2.49. The molecule has 2 rings (SSSR count). The molecule has 0 spiro atoms. The average molecular weight is 198 g/mol. The van der Waals surface area contributed by atoms with Crippen molar-refractivity contribution < 1.29 is 9.90 Å². The standard InChI is InChI=1S/C10H18N2O2/c1-12-6-3-8(9(12)14)11-10(7-13)4-2-5-10/h8,11,13H,2-7H2,1H3. The second-order valence-corrected chi connectivity index (χ2v) is 4.54. The predicted octanol–water partition coefficient (Wildman–Crippen LogP) is -0.278. The minimum Gasteiger partial charge on any atom is -0.394 e. The molecule has 0 radical (unpaired) electrons. The van der Waals surface area contributed by atoms with Crippen LogP contribution in [-0.4, -0.2) is 47.7 Å². The smallest absolute Gasteiger partial charge is 0.239 e. The summed E-state index contributed by atoms with van der Waals surface area (Å²) in [4.78, 5) is 13.4. The Bertz CT molecular complexity index is 233. The Morgan fingerprint density at radius 1 is 1.64 bits per heavy atom. The van der Waals surface area contributed by atoms with Gasteiger partial charge in [-0.3, -0.25) is 10.1 Å². The van der Waals surface area contributed by atoms with E-state index in [1.165, 1.54) is 0 Å². The average Bonchev–Trinajstić information content (AvgIpc) is 2.42. The minimum absolute atomic E-state index is 0.0625. The highest BCUT2D eigenvalue weighted by molar-refractivity contribution is 5.83. The number of likely N-dealkylation sites (N-methyl/N-ethyl adjacent to an activating group) is 1. The van der Waals surface area contributed by atoms with E-state index in [1.807, 2.05) is 7.05 Å². The molecule has 4 nitrogen and oxygen atoms in total. The number of carbonyl (C=O) groups is 1. The minimum atomic E-state index is -0.147. The van der Waals surface area contributed by atoms with Gasteiger partial charge in [0.2, 0.25) is 5.91 Å². The Labute approximate surface area is 84.3 Å². The zero-order chi connectivity index (χ0) is 10.2. The molecule has 1 atom stereocenters. The first-order valence-electron chi connectivity index (χ1n) is 5.30. The van der Waals surface area contributed by atoms with Crippen molar-refractivity contribution in [1.29, 1.82) is 0 Å². The van der Waals surface area contributed by atoms with Crippen LogP contribution in [0.4, 0.5) is 0 Å². The first-order chi connectivity index (χ1) is 6.67. The molecule has 0 aromatic heterocycles. The van der Waals surface area contributed by atoms with Crippen molar-refractivity contribution in [3.63, 3.8) is 0 Å². The summed E-state index contributed by atoms with van der Waals surface area (Å²) in [6.07, 6.45) is 4.02. The van der Waals surface area contributed by atoms with Crippen LogP contribution in [-0.2, 0) is 4.79 Å². The van der Waals surface area contributed by atoms with Gasteiger partial charge in [0.25, 0.3) is 0 Å². The quantitative estimate of drug-likeness (QED) is 0.656. The molecule has 1 amide bonds. The number of carbonyl (C=O) groups excluding carboxylic acids is 1. The molecule has 80 valence electrons. The summed E-state index contributed by atoms with van der Waals surface area (Å²) in [6, 6.07) is -0.0625. The number of nitrogens with one attached hydrogen (secondary N) is 1. The number of rotatable bonds is 3. The number of amides is 1. The fourth-order valence-corrected chi connectivity index (χ4v) is 2.28. The summed E-state index contributed by atoms with van der Waals surface area (Å²) < 4.78 is 0. The molecular formula is C10H18N2O2. The monoisotopic (exact) mass is 198 g/mol. The highest BCUT2D eigenvalue weighted by Crippen LogP contribution is 2.32. The number of hydrogen-bond acceptors (Lipinski definition) is 3. The molecule has 1 saturated heterocycles. The van der Waals surface area contributed by atoms with Crippen LogP contribution >= 0.6 is 0 Å². The second kappa shape index (κ2) is 3.51. The van der Waals surface area contributed by atoms with E-state index in [2.05, 4.69) is 5.32 Å². The summed E-state index contributed by atoms with van der Waals surface area (Å²) in [5.41, 5.74) is -0.147. The lowest BCUT2D eigenvalue weighted by Gasteiger charge is -2.42. The molecule has 1 saturated carbocycles. The van der Waals surface area contributed by atoms with Crippen molar-refractivity contribution in [3.05, 3.63) is 0 Å². The second-order valence-electron chi connectivity index (χ2n) is 4.54. The van der Waals surface area contributed by atoms with Crippen LogP contribution in [0.5, 0.6) is 0 Å². The van der Waals surface area contributed by atoms with Crippen LogP contribution in [0.1, 0.15) is 25.7 Å². The lowest BCUT2D eigenvalue weighted by molar-refractivity contribution is -0.129. The molecule has 4 heteroatoms. The number of hydrogen-bond donors (Lipinski definition) is 2. The summed E-state index contributed by atoms with van der Waals surface area (Å²) in [5.74, 6) is 0.171. The molecule has 14 heavy (non-hydrogen) atoms. The van der Waals surface area contributed by atoms with Gasteiger partial charge in [0.15, 0.2) is 0 Å². The SMILES string of the molecule is CN1CCC(NC2(CO)CCC2)C1=O. The van der Waals surface area contributed by atoms with Crippen molar-refractivity contribution in [1.82, 2.24) is 10.2 Å². The van der Waals surface area contributed by atoms with E-state index in [9.17, 15) is 9.90 Å². The first kappa shape index (κ1) is 9.93. The van der Waals surface area contributed by atoms with Gasteiger partial charge in [-0.1, -0.05) is 0 Å². The maximum atomic E-state index is 11.6. The lowest BCUT2D eigenvalue weighted by atomic mass is 9.77. The topological polar surface area (TPSA) is 52.6 Å². The zero-order valence-corrected chi connectivity index (χ0v) is 8.62. The maximum Gasteiger partial charge on any atom is 0.239 e. The van der Waals surface area contributed by atoms with Gasteiger partial charge in [-0.15, -0.1) is 0 Å². The number of nitrogens with zero attached hydrogens (tertiary/aromatic N) is 1. The van der Waals surface area contributed by atoms with E-state index < -0.39 is 0 Å². The first-order valence-corrected chi connectivity index (χ1v) is 5.30. The lowest BCUT2D eigenvalue weighted by Crippen LogP contribution is -2.59. The van der Waals surface area contributed by atoms with Gasteiger partial charge in [-0.25, -0.2) is 0 Å². The molecule has 1 aliphatic heterocycles. The molecule has 2 fully saturated rings. The van der Waals surface area contributed by atoms with Crippen molar-refractivity contribution >= 4 is 5.91 Å². The fraction of sp³-hybridized carbons (Fsp3) is 0.900. The fourth-order valence-electron chi connectivity index (χ4n) is 2.28. The van der Waals surface area contributed by atoms with Crippen LogP contribution < -0.4 is 5.32 Å². The molecule has 1 heterocycles. The van der Waals surface area contributed by atoms with Crippen LogP contribution in [0, 0.1) is 0 Å². The number of aliphatic hydroxyl groups excluding tert-OH is 1. The Balaban J connectivity index is 1.94. The molecule has 1 unspecified atom stereocenters. The van der Waals surface area contributed by atoms with Gasteiger partial charge in [0.1, 0.15) is 0 Å². The molecule has 2 N–H and O–H groups in total. The maximum absolute atomic E-state index is 11.6. The molecular weight excluding hydrogens is 180 g/mol. The molecule has 0 aromatic carbocycles. The van der Waals surface area contributed by atoms with Crippen LogP contribution in [0.15, 0.2) is 0 Å². The van der Waals surface area contributed by atoms with Gasteiger partial charge in [0, 0.05) is 19.1 Å². The van der Waals surface area contributed by atoms with Crippen molar-refractivity contribution in [3.8, 4) is 0 Å². The zero-order valence-electron chi connectivity index (χ0n) is 8.62. The summed E-state index contributed by atoms with van der Waals surface area (Å²) >= 11 is 0. The van der Waals surface area contributed by atoms with Gasteiger partial charge in [-0.05, 0) is 25.7 Å². The van der Waals surface area contributed by atoms with E-state index in [-0.39, 0.29) is 24.1 Å². The third-order valence-corrected chi connectivity index (χ3v) is 3.52. The highest BCUT2D eigenvalue weighted by Gasteiger charge is 2.41. The van der Waals surface area contributed by atoms with Crippen LogP contribution in [0.25, 0.3) is 0 Å². The number of aliphatic hydroxyl groups is 1. The highest BCUT2D eigenvalue weighted by atomic mass is 16.3. The van der Waals surface area contributed by atoms with E-state index in [1.54, 1.807) is 4.90 Å². The van der Waals surface area contributed by atoms with E-state index in [4.69, 9.17) is 0 Å².